The largest absolute Gasteiger partial charge is 0.444 e. The number of nitrogens with one attached hydrogen (secondary N) is 3. The minimum atomic E-state index is -0.461. The van der Waals surface area contributed by atoms with Crippen molar-refractivity contribution in [3.05, 3.63) is 0 Å². The Bertz CT molecular complexity index is 507. The lowest BCUT2D eigenvalue weighted by Crippen LogP contribution is -2.48. The molecule has 1 amide bonds. The first-order valence-corrected chi connectivity index (χ1v) is 11.0. The molecular weight excluding hydrogens is 372 g/mol. The SMILES string of the molecule is CN=C(NCCCOC1CCOCC1)NC1CCC(NC(=O)OC(C)(C)C)CC1. The van der Waals surface area contributed by atoms with Crippen LogP contribution < -0.4 is 16.0 Å². The molecule has 1 heterocycles. The molecule has 29 heavy (non-hydrogen) atoms. The van der Waals surface area contributed by atoms with Crippen LogP contribution in [-0.4, -0.2) is 69.3 Å². The summed E-state index contributed by atoms with van der Waals surface area (Å²) in [7, 11) is 1.80. The van der Waals surface area contributed by atoms with Crippen LogP contribution in [0, 0.1) is 0 Å². The molecule has 2 fully saturated rings. The second-order valence-electron chi connectivity index (χ2n) is 8.87. The molecule has 2 rings (SSSR count). The highest BCUT2D eigenvalue weighted by molar-refractivity contribution is 5.79. The van der Waals surface area contributed by atoms with Crippen molar-refractivity contribution >= 4 is 12.1 Å². The molecule has 0 spiro atoms. The number of carbonyl (C=O) groups excluding carboxylic acids is 1. The number of nitrogens with zero attached hydrogens (tertiary/aromatic N) is 1. The van der Waals surface area contributed by atoms with E-state index in [9.17, 15) is 4.79 Å². The molecule has 2 aliphatic rings. The third kappa shape index (κ3) is 10.2. The first kappa shape index (κ1) is 23.7. The highest BCUT2D eigenvalue weighted by atomic mass is 16.6. The summed E-state index contributed by atoms with van der Waals surface area (Å²) in [6, 6.07) is 0.552. The summed E-state index contributed by atoms with van der Waals surface area (Å²) in [5.74, 6) is 0.833. The Morgan fingerprint density at radius 2 is 1.66 bits per heavy atom. The van der Waals surface area contributed by atoms with Gasteiger partial charge in [-0.15, -0.1) is 0 Å². The van der Waals surface area contributed by atoms with Crippen LogP contribution in [0.5, 0.6) is 0 Å². The minimum Gasteiger partial charge on any atom is -0.444 e. The van der Waals surface area contributed by atoms with Crippen molar-refractivity contribution in [2.24, 2.45) is 4.99 Å². The van der Waals surface area contributed by atoms with E-state index in [4.69, 9.17) is 14.2 Å². The summed E-state index contributed by atoms with van der Waals surface area (Å²) in [6.45, 7) is 8.86. The van der Waals surface area contributed by atoms with Gasteiger partial charge in [0.2, 0.25) is 0 Å². The highest BCUT2D eigenvalue weighted by Gasteiger charge is 2.25. The van der Waals surface area contributed by atoms with E-state index in [0.717, 1.165) is 77.3 Å². The topological polar surface area (TPSA) is 93.2 Å². The zero-order valence-corrected chi connectivity index (χ0v) is 18.6. The Kier molecular flexibility index (Phi) is 10.0. The van der Waals surface area contributed by atoms with Crippen LogP contribution in [0.1, 0.15) is 65.7 Å². The van der Waals surface area contributed by atoms with Gasteiger partial charge in [-0.3, -0.25) is 4.99 Å². The van der Waals surface area contributed by atoms with Crippen molar-refractivity contribution in [2.75, 3.05) is 33.4 Å². The van der Waals surface area contributed by atoms with E-state index in [1.165, 1.54) is 0 Å². The smallest absolute Gasteiger partial charge is 0.407 e. The fourth-order valence-electron chi connectivity index (χ4n) is 3.62. The molecule has 0 aromatic heterocycles. The molecule has 0 unspecified atom stereocenters. The summed E-state index contributed by atoms with van der Waals surface area (Å²) in [5, 5.41) is 9.85. The van der Waals surface area contributed by atoms with Gasteiger partial charge in [0.15, 0.2) is 5.96 Å². The van der Waals surface area contributed by atoms with Gasteiger partial charge in [0.05, 0.1) is 6.10 Å². The Balaban J connectivity index is 1.56. The number of aliphatic imine (C=N–C) groups is 1. The van der Waals surface area contributed by atoms with E-state index in [-0.39, 0.29) is 12.1 Å². The molecule has 1 aliphatic heterocycles. The standard InChI is InChI=1S/C21H40N4O4/c1-21(2,3)29-20(26)25-17-8-6-16(7-9-17)24-19(22-4)23-12-5-13-28-18-10-14-27-15-11-18/h16-18H,5-15H2,1-4H3,(H,25,26)(H2,22,23,24). The third-order valence-corrected chi connectivity index (χ3v) is 5.15. The lowest BCUT2D eigenvalue weighted by molar-refractivity contribution is -0.0320. The number of rotatable bonds is 7. The molecule has 0 radical (unpaired) electrons. The van der Waals surface area contributed by atoms with Crippen molar-refractivity contribution in [1.29, 1.82) is 0 Å². The molecule has 8 heteroatoms. The zero-order valence-electron chi connectivity index (χ0n) is 18.6. The van der Waals surface area contributed by atoms with Gasteiger partial charge in [0.25, 0.3) is 0 Å². The normalized spacial score (nSPS) is 24.1. The van der Waals surface area contributed by atoms with Gasteiger partial charge in [-0.05, 0) is 65.7 Å². The summed E-state index contributed by atoms with van der Waals surface area (Å²) in [6.07, 6.45) is 6.84. The van der Waals surface area contributed by atoms with Crippen LogP contribution in [0.4, 0.5) is 4.79 Å². The Morgan fingerprint density at radius 1 is 1.03 bits per heavy atom. The number of hydrogen-bond acceptors (Lipinski definition) is 5. The average molecular weight is 413 g/mol. The van der Waals surface area contributed by atoms with Crippen molar-refractivity contribution in [3.8, 4) is 0 Å². The molecule has 168 valence electrons. The van der Waals surface area contributed by atoms with E-state index in [2.05, 4.69) is 20.9 Å². The fourth-order valence-corrected chi connectivity index (χ4v) is 3.62. The predicted octanol–water partition coefficient (Wildman–Crippen LogP) is 2.57. The summed E-state index contributed by atoms with van der Waals surface area (Å²) in [5.41, 5.74) is -0.461. The molecule has 0 atom stereocenters. The summed E-state index contributed by atoms with van der Waals surface area (Å²) >= 11 is 0. The maximum atomic E-state index is 11.9. The first-order valence-electron chi connectivity index (χ1n) is 11.0. The van der Waals surface area contributed by atoms with Gasteiger partial charge in [0, 0.05) is 45.5 Å². The molecule has 0 aromatic rings. The van der Waals surface area contributed by atoms with Crippen LogP contribution in [-0.2, 0) is 14.2 Å². The van der Waals surface area contributed by atoms with Crippen molar-refractivity contribution < 1.29 is 19.0 Å². The Morgan fingerprint density at radius 3 is 2.24 bits per heavy atom. The lowest BCUT2D eigenvalue weighted by atomic mass is 9.91. The van der Waals surface area contributed by atoms with Crippen LogP contribution >= 0.6 is 0 Å². The molecule has 1 saturated heterocycles. The number of alkyl carbamates (subject to hydrolysis) is 1. The average Bonchev–Trinajstić information content (AvgIpc) is 2.67. The van der Waals surface area contributed by atoms with Gasteiger partial charge < -0.3 is 30.2 Å². The quantitative estimate of drug-likeness (QED) is 0.338. The molecule has 0 bridgehead atoms. The Labute approximate surface area is 175 Å². The number of amides is 1. The molecule has 1 saturated carbocycles. The molecule has 1 aliphatic carbocycles. The number of guanidine groups is 1. The van der Waals surface area contributed by atoms with E-state index >= 15 is 0 Å². The van der Waals surface area contributed by atoms with Gasteiger partial charge in [-0.2, -0.15) is 0 Å². The number of ether oxygens (including phenoxy) is 3. The minimum absolute atomic E-state index is 0.181. The second kappa shape index (κ2) is 12.2. The number of carbonyl (C=O) groups is 1. The molecule has 0 aromatic carbocycles. The van der Waals surface area contributed by atoms with Crippen molar-refractivity contribution in [1.82, 2.24) is 16.0 Å². The van der Waals surface area contributed by atoms with Crippen LogP contribution in [0.3, 0.4) is 0 Å². The van der Waals surface area contributed by atoms with Crippen LogP contribution in [0.15, 0.2) is 4.99 Å². The fraction of sp³-hybridized carbons (Fsp3) is 0.905. The molecule has 3 N–H and O–H groups in total. The van der Waals surface area contributed by atoms with Gasteiger partial charge in [-0.1, -0.05) is 0 Å². The summed E-state index contributed by atoms with van der Waals surface area (Å²) in [4.78, 5) is 16.2. The second-order valence-corrected chi connectivity index (χ2v) is 8.87. The monoisotopic (exact) mass is 412 g/mol. The van der Waals surface area contributed by atoms with E-state index < -0.39 is 5.60 Å². The third-order valence-electron chi connectivity index (χ3n) is 5.15. The van der Waals surface area contributed by atoms with Gasteiger partial charge in [-0.25, -0.2) is 4.79 Å². The van der Waals surface area contributed by atoms with Crippen LogP contribution in [0.25, 0.3) is 0 Å². The first-order chi connectivity index (χ1) is 13.9. The summed E-state index contributed by atoms with van der Waals surface area (Å²) < 4.78 is 16.6. The van der Waals surface area contributed by atoms with E-state index in [1.54, 1.807) is 7.05 Å². The maximum Gasteiger partial charge on any atom is 0.407 e. The van der Waals surface area contributed by atoms with E-state index in [1.807, 2.05) is 20.8 Å². The zero-order chi connectivity index (χ0) is 21.1. The molecule has 8 nitrogen and oxygen atoms in total. The van der Waals surface area contributed by atoms with E-state index in [0.29, 0.717) is 12.1 Å². The van der Waals surface area contributed by atoms with Crippen molar-refractivity contribution in [3.63, 3.8) is 0 Å². The van der Waals surface area contributed by atoms with Gasteiger partial charge in [0.1, 0.15) is 5.60 Å². The van der Waals surface area contributed by atoms with Crippen molar-refractivity contribution in [2.45, 2.75) is 89.5 Å². The van der Waals surface area contributed by atoms with Gasteiger partial charge >= 0.3 is 6.09 Å². The highest BCUT2D eigenvalue weighted by Crippen LogP contribution is 2.19. The predicted molar refractivity (Wildman–Crippen MR) is 114 cm³/mol. The lowest BCUT2D eigenvalue weighted by Gasteiger charge is -2.31. The molecular formula is C21H40N4O4. The van der Waals surface area contributed by atoms with Crippen LogP contribution in [0.2, 0.25) is 0 Å². The Hall–Kier alpha value is -1.54. The number of hydrogen-bond donors (Lipinski definition) is 3. The maximum absolute atomic E-state index is 11.9.